The lowest BCUT2D eigenvalue weighted by molar-refractivity contribution is -0.143. The third-order valence-corrected chi connectivity index (χ3v) is 2.69. The van der Waals surface area contributed by atoms with Crippen molar-refractivity contribution in [3.8, 4) is 0 Å². The minimum atomic E-state index is -0.949. The Balaban J connectivity index is 2.23. The SMILES string of the molecule is Cc1cccc(N2CC(C(=O)O)COC2=O)c1. The van der Waals surface area contributed by atoms with Crippen LogP contribution in [0, 0.1) is 12.8 Å². The summed E-state index contributed by atoms with van der Waals surface area (Å²) in [4.78, 5) is 23.8. The normalized spacial score (nSPS) is 19.9. The first-order valence-corrected chi connectivity index (χ1v) is 5.31. The number of rotatable bonds is 2. The first kappa shape index (κ1) is 11.4. The van der Waals surface area contributed by atoms with Gasteiger partial charge in [-0.25, -0.2) is 4.79 Å². The van der Waals surface area contributed by atoms with Gasteiger partial charge in [0.25, 0.3) is 0 Å². The second kappa shape index (κ2) is 4.45. The van der Waals surface area contributed by atoms with Crippen LogP contribution in [-0.2, 0) is 9.53 Å². The number of cyclic esters (lactones) is 1. The van der Waals surface area contributed by atoms with Crippen LogP contribution < -0.4 is 4.90 Å². The van der Waals surface area contributed by atoms with E-state index in [0.29, 0.717) is 5.69 Å². The van der Waals surface area contributed by atoms with Crippen molar-refractivity contribution in [3.63, 3.8) is 0 Å². The molecular weight excluding hydrogens is 222 g/mol. The zero-order valence-corrected chi connectivity index (χ0v) is 9.42. The van der Waals surface area contributed by atoms with Crippen LogP contribution in [0.5, 0.6) is 0 Å². The quantitative estimate of drug-likeness (QED) is 0.846. The van der Waals surface area contributed by atoms with Crippen LogP contribution >= 0.6 is 0 Å². The Labute approximate surface area is 98.6 Å². The van der Waals surface area contributed by atoms with E-state index in [1.165, 1.54) is 4.90 Å². The number of nitrogens with zero attached hydrogens (tertiary/aromatic N) is 1. The summed E-state index contributed by atoms with van der Waals surface area (Å²) in [5.74, 6) is -1.62. The van der Waals surface area contributed by atoms with E-state index in [1.54, 1.807) is 6.07 Å². The van der Waals surface area contributed by atoms with Gasteiger partial charge in [0, 0.05) is 12.2 Å². The third kappa shape index (κ3) is 2.38. The molecule has 5 nitrogen and oxygen atoms in total. The van der Waals surface area contributed by atoms with Gasteiger partial charge in [0.2, 0.25) is 0 Å². The molecule has 2 rings (SSSR count). The molecule has 1 aliphatic rings. The number of amides is 1. The summed E-state index contributed by atoms with van der Waals surface area (Å²) in [6, 6.07) is 7.32. The molecule has 1 saturated heterocycles. The average Bonchev–Trinajstić information content (AvgIpc) is 2.29. The highest BCUT2D eigenvalue weighted by molar-refractivity contribution is 5.90. The van der Waals surface area contributed by atoms with E-state index >= 15 is 0 Å². The Kier molecular flexibility index (Phi) is 2.99. The van der Waals surface area contributed by atoms with Crippen molar-refractivity contribution < 1.29 is 19.4 Å². The smallest absolute Gasteiger partial charge is 0.414 e. The van der Waals surface area contributed by atoms with Crippen molar-refractivity contribution in [2.75, 3.05) is 18.1 Å². The Bertz CT molecular complexity index is 458. The van der Waals surface area contributed by atoms with E-state index in [-0.39, 0.29) is 13.2 Å². The predicted molar refractivity (Wildman–Crippen MR) is 61.0 cm³/mol. The monoisotopic (exact) mass is 235 g/mol. The number of carboxylic acids is 1. The van der Waals surface area contributed by atoms with Gasteiger partial charge in [0.1, 0.15) is 12.5 Å². The maximum absolute atomic E-state index is 11.6. The zero-order chi connectivity index (χ0) is 12.4. The van der Waals surface area contributed by atoms with E-state index < -0.39 is 18.0 Å². The van der Waals surface area contributed by atoms with Crippen LogP contribution in [0.3, 0.4) is 0 Å². The molecule has 1 atom stereocenters. The predicted octanol–water partition coefficient (Wildman–Crippen LogP) is 1.65. The van der Waals surface area contributed by atoms with Gasteiger partial charge in [-0.3, -0.25) is 9.69 Å². The Morgan fingerprint density at radius 3 is 2.94 bits per heavy atom. The molecule has 1 unspecified atom stereocenters. The molecule has 1 heterocycles. The molecule has 0 aliphatic carbocycles. The van der Waals surface area contributed by atoms with Crippen LogP contribution in [0.2, 0.25) is 0 Å². The lowest BCUT2D eigenvalue weighted by atomic mass is 10.1. The molecule has 0 saturated carbocycles. The molecule has 1 fully saturated rings. The van der Waals surface area contributed by atoms with E-state index in [4.69, 9.17) is 9.84 Å². The van der Waals surface area contributed by atoms with Crippen molar-refractivity contribution in [2.45, 2.75) is 6.92 Å². The van der Waals surface area contributed by atoms with E-state index in [9.17, 15) is 9.59 Å². The molecule has 1 amide bonds. The van der Waals surface area contributed by atoms with Crippen LogP contribution in [0.1, 0.15) is 5.56 Å². The number of carbonyl (C=O) groups excluding carboxylic acids is 1. The number of carboxylic acid groups (broad SMARTS) is 1. The van der Waals surface area contributed by atoms with E-state index in [0.717, 1.165) is 5.56 Å². The standard InChI is InChI=1S/C12H13NO4/c1-8-3-2-4-10(5-8)13-6-9(11(14)15)7-17-12(13)16/h2-5,9H,6-7H2,1H3,(H,14,15). The fourth-order valence-electron chi connectivity index (χ4n) is 1.75. The molecular formula is C12H13NO4. The Hall–Kier alpha value is -2.04. The molecule has 0 bridgehead atoms. The lowest BCUT2D eigenvalue weighted by Gasteiger charge is -2.30. The number of hydrogen-bond acceptors (Lipinski definition) is 3. The summed E-state index contributed by atoms with van der Waals surface area (Å²) in [5.41, 5.74) is 1.67. The molecule has 1 N–H and O–H groups in total. The average molecular weight is 235 g/mol. The van der Waals surface area contributed by atoms with Crippen molar-refractivity contribution in [1.82, 2.24) is 0 Å². The topological polar surface area (TPSA) is 66.8 Å². The highest BCUT2D eigenvalue weighted by Gasteiger charge is 2.32. The maximum Gasteiger partial charge on any atom is 0.414 e. The number of anilines is 1. The van der Waals surface area contributed by atoms with Crippen LogP contribution in [-0.4, -0.2) is 30.3 Å². The number of benzene rings is 1. The van der Waals surface area contributed by atoms with Gasteiger partial charge in [0.15, 0.2) is 0 Å². The summed E-state index contributed by atoms with van der Waals surface area (Å²) >= 11 is 0. The molecule has 1 aliphatic heterocycles. The minimum absolute atomic E-state index is 0.0590. The van der Waals surface area contributed by atoms with Gasteiger partial charge in [0.05, 0.1) is 0 Å². The lowest BCUT2D eigenvalue weighted by Crippen LogP contribution is -2.45. The fourth-order valence-corrected chi connectivity index (χ4v) is 1.75. The molecule has 1 aromatic carbocycles. The highest BCUT2D eigenvalue weighted by atomic mass is 16.6. The van der Waals surface area contributed by atoms with Gasteiger partial charge in [-0.2, -0.15) is 0 Å². The fraction of sp³-hybridized carbons (Fsp3) is 0.333. The summed E-state index contributed by atoms with van der Waals surface area (Å²) in [6.07, 6.45) is -0.492. The second-order valence-electron chi connectivity index (χ2n) is 4.06. The summed E-state index contributed by atoms with van der Waals surface area (Å²) in [7, 11) is 0. The largest absolute Gasteiger partial charge is 0.481 e. The molecule has 0 radical (unpaired) electrons. The van der Waals surface area contributed by atoms with E-state index in [2.05, 4.69) is 0 Å². The molecule has 1 aromatic rings. The zero-order valence-electron chi connectivity index (χ0n) is 9.42. The van der Waals surface area contributed by atoms with Crippen molar-refractivity contribution in [3.05, 3.63) is 29.8 Å². The Morgan fingerprint density at radius 2 is 2.29 bits per heavy atom. The van der Waals surface area contributed by atoms with Gasteiger partial charge in [-0.05, 0) is 24.6 Å². The maximum atomic E-state index is 11.6. The van der Waals surface area contributed by atoms with Gasteiger partial charge >= 0.3 is 12.1 Å². The number of aryl methyl sites for hydroxylation is 1. The minimum Gasteiger partial charge on any atom is -0.481 e. The molecule has 0 spiro atoms. The molecule has 0 aromatic heterocycles. The van der Waals surface area contributed by atoms with Gasteiger partial charge in [-0.15, -0.1) is 0 Å². The van der Waals surface area contributed by atoms with Crippen molar-refractivity contribution in [2.24, 2.45) is 5.92 Å². The molecule has 17 heavy (non-hydrogen) atoms. The number of ether oxygens (including phenoxy) is 1. The van der Waals surface area contributed by atoms with Crippen molar-refractivity contribution >= 4 is 17.7 Å². The first-order chi connectivity index (χ1) is 8.08. The summed E-state index contributed by atoms with van der Waals surface area (Å²) in [5, 5.41) is 8.93. The van der Waals surface area contributed by atoms with Crippen molar-refractivity contribution in [1.29, 1.82) is 0 Å². The highest BCUT2D eigenvalue weighted by Crippen LogP contribution is 2.21. The van der Waals surface area contributed by atoms with Crippen LogP contribution in [0.4, 0.5) is 10.5 Å². The summed E-state index contributed by atoms with van der Waals surface area (Å²) < 4.78 is 4.86. The van der Waals surface area contributed by atoms with Crippen LogP contribution in [0.15, 0.2) is 24.3 Å². The van der Waals surface area contributed by atoms with Gasteiger partial charge in [-0.1, -0.05) is 12.1 Å². The Morgan fingerprint density at radius 1 is 1.53 bits per heavy atom. The van der Waals surface area contributed by atoms with Gasteiger partial charge < -0.3 is 9.84 Å². The van der Waals surface area contributed by atoms with Crippen LogP contribution in [0.25, 0.3) is 0 Å². The molecule has 90 valence electrons. The summed E-state index contributed by atoms with van der Waals surface area (Å²) in [6.45, 7) is 2.00. The number of hydrogen-bond donors (Lipinski definition) is 1. The number of carbonyl (C=O) groups is 2. The first-order valence-electron chi connectivity index (χ1n) is 5.31. The van der Waals surface area contributed by atoms with E-state index in [1.807, 2.05) is 25.1 Å². The third-order valence-electron chi connectivity index (χ3n) is 2.69. The number of aliphatic carboxylic acids is 1. The molecule has 5 heteroatoms. The second-order valence-corrected chi connectivity index (χ2v) is 4.06.